The van der Waals surface area contributed by atoms with Crippen LogP contribution in [-0.2, 0) is 4.79 Å². The third kappa shape index (κ3) is 4.50. The van der Waals surface area contributed by atoms with Crippen LogP contribution in [-0.4, -0.2) is 31.2 Å². The van der Waals surface area contributed by atoms with Gasteiger partial charge in [0.25, 0.3) is 0 Å². The Morgan fingerprint density at radius 2 is 1.81 bits per heavy atom. The number of para-hydroxylation sites is 1. The molecule has 2 aromatic carbocycles. The lowest BCUT2D eigenvalue weighted by molar-refractivity contribution is -0.704. The highest BCUT2D eigenvalue weighted by molar-refractivity contribution is 7.99. The highest BCUT2D eigenvalue weighted by Crippen LogP contribution is 2.26. The fraction of sp³-hybridized carbons (Fsp3) is 0.167. The molecular formula is C18H18N3O5S+. The van der Waals surface area contributed by atoms with Crippen molar-refractivity contribution in [2.24, 2.45) is 0 Å². The Labute approximate surface area is 159 Å². The summed E-state index contributed by atoms with van der Waals surface area (Å²) in [6.45, 7) is 0. The summed E-state index contributed by atoms with van der Waals surface area (Å²) in [5.74, 6) is 0.862. The van der Waals surface area contributed by atoms with E-state index in [1.807, 2.05) is 30.3 Å². The number of hydrogen-bond donors (Lipinski definition) is 2. The van der Waals surface area contributed by atoms with Crippen molar-refractivity contribution >= 4 is 23.4 Å². The summed E-state index contributed by atoms with van der Waals surface area (Å²) in [6.07, 6.45) is 0. The number of amides is 1. The molecule has 0 aliphatic carbocycles. The van der Waals surface area contributed by atoms with E-state index in [0.29, 0.717) is 17.2 Å². The second kappa shape index (κ2) is 8.45. The molecule has 1 aromatic heterocycles. The molecule has 0 spiro atoms. The first kappa shape index (κ1) is 18.6. The molecule has 1 heterocycles. The minimum Gasteiger partial charge on any atom is -0.497 e. The molecular weight excluding hydrogens is 370 g/mol. The lowest BCUT2D eigenvalue weighted by atomic mass is 10.2. The Hall–Kier alpha value is -3.20. The first-order chi connectivity index (χ1) is 13.1. The lowest BCUT2D eigenvalue weighted by Crippen LogP contribution is -2.36. The van der Waals surface area contributed by atoms with E-state index in [1.165, 1.54) is 18.9 Å². The fourth-order valence-corrected chi connectivity index (χ4v) is 3.12. The van der Waals surface area contributed by atoms with Crippen LogP contribution in [0.4, 0.5) is 5.69 Å². The van der Waals surface area contributed by atoms with Crippen molar-refractivity contribution in [2.75, 3.05) is 25.3 Å². The normalized spacial score (nSPS) is 10.4. The van der Waals surface area contributed by atoms with Crippen LogP contribution in [0.15, 0.2) is 62.9 Å². The molecule has 0 saturated carbocycles. The lowest BCUT2D eigenvalue weighted by Gasteiger charge is -2.09. The fourth-order valence-electron chi connectivity index (χ4n) is 2.34. The molecule has 2 N–H and O–H groups in total. The molecule has 0 fully saturated rings. The number of hydrogen-bond acceptors (Lipinski definition) is 6. The molecule has 0 radical (unpaired) electrons. The van der Waals surface area contributed by atoms with E-state index in [0.717, 1.165) is 17.4 Å². The third-order valence-corrected chi connectivity index (χ3v) is 4.63. The maximum absolute atomic E-state index is 12.3. The van der Waals surface area contributed by atoms with Crippen LogP contribution < -0.4 is 25.1 Å². The number of aromatic amines is 1. The van der Waals surface area contributed by atoms with Crippen molar-refractivity contribution in [2.45, 2.75) is 5.03 Å². The van der Waals surface area contributed by atoms with E-state index in [2.05, 4.69) is 10.6 Å². The van der Waals surface area contributed by atoms with Crippen LogP contribution in [0.2, 0.25) is 0 Å². The second-order valence-electron chi connectivity index (χ2n) is 5.40. The van der Waals surface area contributed by atoms with Crippen LogP contribution in [0.3, 0.4) is 0 Å². The van der Waals surface area contributed by atoms with Crippen molar-refractivity contribution < 1.29 is 23.5 Å². The maximum Gasteiger partial charge on any atom is 0.442 e. The number of anilines is 1. The first-order valence-electron chi connectivity index (χ1n) is 7.95. The van der Waals surface area contributed by atoms with Gasteiger partial charge < -0.3 is 14.8 Å². The standard InChI is InChI=1S/C18H17N3O5S/c1-24-14-8-12(9-15(10-14)25-2)19-16(22)11-27-17-18(23)26-20-21(17)13-6-4-3-5-7-13/h3-10H,11H2,1-2H3,(H-,19,20,22,23)/p+1. The number of carbonyl (C=O) groups is 1. The Balaban J connectivity index is 1.70. The van der Waals surface area contributed by atoms with Gasteiger partial charge in [0.05, 0.1) is 20.0 Å². The summed E-state index contributed by atoms with van der Waals surface area (Å²) in [5, 5.41) is 5.58. The first-order valence-corrected chi connectivity index (χ1v) is 8.94. The summed E-state index contributed by atoms with van der Waals surface area (Å²) in [7, 11) is 3.06. The summed E-state index contributed by atoms with van der Waals surface area (Å²) in [4.78, 5) is 24.2. The number of rotatable bonds is 7. The predicted octanol–water partition coefficient (Wildman–Crippen LogP) is 1.99. The van der Waals surface area contributed by atoms with E-state index < -0.39 is 5.63 Å². The number of H-pyrrole nitrogens is 1. The van der Waals surface area contributed by atoms with Crippen molar-refractivity contribution in [1.29, 1.82) is 0 Å². The van der Waals surface area contributed by atoms with Crippen LogP contribution in [0.1, 0.15) is 0 Å². The van der Waals surface area contributed by atoms with Gasteiger partial charge in [-0.25, -0.2) is 4.79 Å². The SMILES string of the molecule is COc1cc(NC(=O)CSc2c(=O)o[nH][n+]2-c2ccccc2)cc(OC)c1. The van der Waals surface area contributed by atoms with Gasteiger partial charge in [-0.15, -0.1) is 0 Å². The van der Waals surface area contributed by atoms with Gasteiger partial charge in [-0.2, -0.15) is 0 Å². The number of methoxy groups -OCH3 is 2. The van der Waals surface area contributed by atoms with Gasteiger partial charge in [0.2, 0.25) is 11.6 Å². The van der Waals surface area contributed by atoms with Crippen molar-refractivity contribution in [3.8, 4) is 17.2 Å². The monoisotopic (exact) mass is 388 g/mol. The molecule has 8 nitrogen and oxygen atoms in total. The summed E-state index contributed by atoms with van der Waals surface area (Å²) >= 11 is 1.07. The average molecular weight is 388 g/mol. The number of thioether (sulfide) groups is 1. The van der Waals surface area contributed by atoms with Crippen molar-refractivity contribution in [3.05, 3.63) is 59.0 Å². The third-order valence-electron chi connectivity index (χ3n) is 3.60. The molecule has 27 heavy (non-hydrogen) atoms. The van der Waals surface area contributed by atoms with Gasteiger partial charge in [0, 0.05) is 36.0 Å². The minimum atomic E-state index is -0.542. The Bertz CT molecular complexity index is 962. The van der Waals surface area contributed by atoms with Gasteiger partial charge in [-0.05, 0) is 21.7 Å². The Kier molecular flexibility index (Phi) is 5.82. The van der Waals surface area contributed by atoms with Gasteiger partial charge in [0.1, 0.15) is 11.5 Å². The van der Waals surface area contributed by atoms with Gasteiger partial charge >= 0.3 is 10.7 Å². The topological polar surface area (TPSA) is 97.4 Å². The molecule has 1 amide bonds. The summed E-state index contributed by atoms with van der Waals surface area (Å²) in [6, 6.07) is 14.2. The number of carbonyl (C=O) groups excluding carboxylic acids is 1. The maximum atomic E-state index is 12.3. The summed E-state index contributed by atoms with van der Waals surface area (Å²) < 4.78 is 16.7. The zero-order chi connectivity index (χ0) is 19.2. The number of ether oxygens (including phenoxy) is 2. The molecule has 3 rings (SSSR count). The van der Waals surface area contributed by atoms with Crippen molar-refractivity contribution in [1.82, 2.24) is 5.27 Å². The van der Waals surface area contributed by atoms with E-state index in [4.69, 9.17) is 14.0 Å². The summed E-state index contributed by atoms with van der Waals surface area (Å²) in [5.41, 5.74) is 0.720. The van der Waals surface area contributed by atoms with Gasteiger partial charge in [0.15, 0.2) is 0 Å². The van der Waals surface area contributed by atoms with Crippen LogP contribution in [0.5, 0.6) is 11.5 Å². The Morgan fingerprint density at radius 3 is 2.44 bits per heavy atom. The van der Waals surface area contributed by atoms with E-state index in [9.17, 15) is 9.59 Å². The van der Waals surface area contributed by atoms with E-state index in [1.54, 1.807) is 18.2 Å². The zero-order valence-electron chi connectivity index (χ0n) is 14.7. The molecule has 0 aliphatic heterocycles. The predicted molar refractivity (Wildman–Crippen MR) is 99.8 cm³/mol. The number of nitrogens with zero attached hydrogens (tertiary/aromatic N) is 1. The number of nitrogens with one attached hydrogen (secondary N) is 2. The quantitative estimate of drug-likeness (QED) is 0.475. The van der Waals surface area contributed by atoms with Crippen LogP contribution in [0.25, 0.3) is 5.69 Å². The molecule has 0 saturated heterocycles. The van der Waals surface area contributed by atoms with Crippen LogP contribution in [0, 0.1) is 0 Å². The highest BCUT2D eigenvalue weighted by Gasteiger charge is 2.24. The average Bonchev–Trinajstić information content (AvgIpc) is 3.07. The minimum absolute atomic E-state index is 0.0228. The molecule has 0 aliphatic rings. The Morgan fingerprint density at radius 1 is 1.15 bits per heavy atom. The van der Waals surface area contributed by atoms with Crippen molar-refractivity contribution in [3.63, 3.8) is 0 Å². The highest BCUT2D eigenvalue weighted by atomic mass is 32.2. The second-order valence-corrected chi connectivity index (χ2v) is 6.36. The molecule has 140 valence electrons. The number of benzene rings is 2. The molecule has 0 bridgehead atoms. The zero-order valence-corrected chi connectivity index (χ0v) is 15.5. The van der Waals surface area contributed by atoms with E-state index in [-0.39, 0.29) is 16.7 Å². The molecule has 0 atom stereocenters. The van der Waals surface area contributed by atoms with Gasteiger partial charge in [-0.1, -0.05) is 18.2 Å². The smallest absolute Gasteiger partial charge is 0.442 e. The molecule has 9 heteroatoms. The number of aromatic nitrogens is 2. The molecule has 3 aromatic rings. The molecule has 0 unspecified atom stereocenters. The van der Waals surface area contributed by atoms with Gasteiger partial charge in [-0.3, -0.25) is 9.32 Å². The largest absolute Gasteiger partial charge is 0.497 e. The van der Waals surface area contributed by atoms with Crippen LogP contribution >= 0.6 is 11.8 Å². The van der Waals surface area contributed by atoms with E-state index >= 15 is 0 Å².